The van der Waals surface area contributed by atoms with Crippen LogP contribution in [-0.4, -0.2) is 21.6 Å². The molecule has 1 saturated carbocycles. The highest BCUT2D eigenvalue weighted by molar-refractivity contribution is 8.01. The second-order valence-corrected chi connectivity index (χ2v) is 6.37. The average molecular weight is 204 g/mol. The molecule has 0 aromatic heterocycles. The first-order valence-electron chi connectivity index (χ1n) is 4.75. The van der Waals surface area contributed by atoms with Gasteiger partial charge in [0.15, 0.2) is 0 Å². The van der Waals surface area contributed by atoms with Crippen molar-refractivity contribution < 1.29 is 9.90 Å². The van der Waals surface area contributed by atoms with Crippen molar-refractivity contribution in [3.05, 3.63) is 0 Å². The lowest BCUT2D eigenvalue weighted by Crippen LogP contribution is -2.12. The van der Waals surface area contributed by atoms with Gasteiger partial charge in [0.2, 0.25) is 0 Å². The number of thioether (sulfide) groups is 1. The number of hydrogen-bond donors (Lipinski definition) is 1. The fourth-order valence-electron chi connectivity index (χ4n) is 1.51. The van der Waals surface area contributed by atoms with E-state index in [0.717, 1.165) is 5.25 Å². The average Bonchev–Trinajstić information content (AvgIpc) is 2.37. The number of carboxylic acid groups (broad SMARTS) is 1. The Morgan fingerprint density at radius 2 is 1.69 bits per heavy atom. The molecule has 3 heteroatoms. The van der Waals surface area contributed by atoms with Gasteiger partial charge in [-0.2, -0.15) is 11.8 Å². The van der Waals surface area contributed by atoms with E-state index in [0.29, 0.717) is 4.75 Å². The molecule has 0 saturated heterocycles. The monoisotopic (exact) mass is 204 g/mol. The molecule has 0 atom stereocenters. The van der Waals surface area contributed by atoms with Gasteiger partial charge >= 0.3 is 0 Å². The van der Waals surface area contributed by atoms with Gasteiger partial charge < -0.3 is 5.11 Å². The van der Waals surface area contributed by atoms with Crippen LogP contribution in [0.3, 0.4) is 0 Å². The highest BCUT2D eigenvalue weighted by Crippen LogP contribution is 2.37. The molecule has 0 bridgehead atoms. The molecule has 0 amide bonds. The van der Waals surface area contributed by atoms with Crippen LogP contribution in [0.2, 0.25) is 0 Å². The summed E-state index contributed by atoms with van der Waals surface area (Å²) in [4.78, 5) is 8.36. The van der Waals surface area contributed by atoms with Gasteiger partial charge in [-0.3, -0.25) is 4.79 Å². The molecule has 2 nitrogen and oxygen atoms in total. The Morgan fingerprint density at radius 1 is 1.31 bits per heavy atom. The quantitative estimate of drug-likeness (QED) is 0.667. The summed E-state index contributed by atoms with van der Waals surface area (Å²) >= 11 is 2.16. The first-order valence-corrected chi connectivity index (χ1v) is 5.63. The van der Waals surface area contributed by atoms with Crippen LogP contribution in [0, 0.1) is 0 Å². The van der Waals surface area contributed by atoms with Crippen LogP contribution in [0.5, 0.6) is 0 Å². The lowest BCUT2D eigenvalue weighted by atomic mass is 10.3. The van der Waals surface area contributed by atoms with Crippen molar-refractivity contribution in [1.82, 2.24) is 0 Å². The summed E-state index contributed by atoms with van der Waals surface area (Å²) in [7, 11) is 0. The molecule has 13 heavy (non-hydrogen) atoms. The molecule has 0 spiro atoms. The Bertz CT molecular complexity index is 134. The van der Waals surface area contributed by atoms with Crippen LogP contribution in [-0.2, 0) is 4.79 Å². The zero-order chi connectivity index (χ0) is 10.3. The number of carbonyl (C=O) groups is 1. The van der Waals surface area contributed by atoms with Gasteiger partial charge in [0.25, 0.3) is 6.47 Å². The third kappa shape index (κ3) is 8.16. The smallest absolute Gasteiger partial charge is 0.290 e. The van der Waals surface area contributed by atoms with Gasteiger partial charge in [-0.25, -0.2) is 0 Å². The first-order chi connectivity index (χ1) is 5.99. The summed E-state index contributed by atoms with van der Waals surface area (Å²) in [5.74, 6) is 0. The first kappa shape index (κ1) is 12.8. The van der Waals surface area contributed by atoms with E-state index in [1.54, 1.807) is 0 Å². The summed E-state index contributed by atoms with van der Waals surface area (Å²) in [6, 6.07) is 0. The second-order valence-electron chi connectivity index (χ2n) is 4.24. The van der Waals surface area contributed by atoms with Crippen molar-refractivity contribution in [2.75, 3.05) is 0 Å². The fourth-order valence-corrected chi connectivity index (χ4v) is 3.08. The van der Waals surface area contributed by atoms with Gasteiger partial charge in [0, 0.05) is 10.00 Å². The number of rotatable bonds is 1. The molecule has 1 aliphatic rings. The largest absolute Gasteiger partial charge is 0.483 e. The van der Waals surface area contributed by atoms with Crippen LogP contribution in [0.4, 0.5) is 0 Å². The zero-order valence-electron chi connectivity index (χ0n) is 8.75. The maximum Gasteiger partial charge on any atom is 0.290 e. The van der Waals surface area contributed by atoms with Gasteiger partial charge in [0.05, 0.1) is 0 Å². The Kier molecular flexibility index (Phi) is 6.21. The summed E-state index contributed by atoms with van der Waals surface area (Å²) in [5, 5.41) is 7.86. The summed E-state index contributed by atoms with van der Waals surface area (Å²) in [6.45, 7) is 6.70. The van der Waals surface area contributed by atoms with Crippen LogP contribution >= 0.6 is 11.8 Å². The van der Waals surface area contributed by atoms with Crippen molar-refractivity contribution in [1.29, 1.82) is 0 Å². The van der Waals surface area contributed by atoms with Crippen LogP contribution < -0.4 is 0 Å². The van der Waals surface area contributed by atoms with E-state index in [-0.39, 0.29) is 6.47 Å². The molecule has 0 aromatic rings. The summed E-state index contributed by atoms with van der Waals surface area (Å²) in [6.07, 6.45) is 5.85. The predicted octanol–water partition coefficient (Wildman–Crippen LogP) is 3.16. The van der Waals surface area contributed by atoms with E-state index in [2.05, 4.69) is 32.5 Å². The molecule has 0 unspecified atom stereocenters. The molecule has 1 fully saturated rings. The van der Waals surface area contributed by atoms with Crippen molar-refractivity contribution in [2.24, 2.45) is 0 Å². The fraction of sp³-hybridized carbons (Fsp3) is 0.900. The molecule has 0 radical (unpaired) electrons. The topological polar surface area (TPSA) is 37.3 Å². The van der Waals surface area contributed by atoms with E-state index in [1.165, 1.54) is 25.7 Å². The third-order valence-corrected chi connectivity index (χ3v) is 3.33. The van der Waals surface area contributed by atoms with Gasteiger partial charge in [-0.15, -0.1) is 0 Å². The Balaban J connectivity index is 0.000000424. The van der Waals surface area contributed by atoms with Gasteiger partial charge in [0.1, 0.15) is 0 Å². The molecular weight excluding hydrogens is 184 g/mol. The minimum atomic E-state index is -0.250. The van der Waals surface area contributed by atoms with Gasteiger partial charge in [-0.05, 0) is 12.8 Å². The minimum Gasteiger partial charge on any atom is -0.483 e. The van der Waals surface area contributed by atoms with E-state index in [9.17, 15) is 0 Å². The van der Waals surface area contributed by atoms with E-state index in [4.69, 9.17) is 9.90 Å². The standard InChI is InChI=1S/C9H18S.CH2O2/c1-9(2,3)10-8-6-4-5-7-8;2-1-3/h8H,4-7H2,1-3H3;1H,(H,2,3). The van der Waals surface area contributed by atoms with Crippen molar-refractivity contribution in [2.45, 2.75) is 56.5 Å². The van der Waals surface area contributed by atoms with E-state index < -0.39 is 0 Å². The second kappa shape index (κ2) is 6.30. The predicted molar refractivity (Wildman–Crippen MR) is 58.3 cm³/mol. The van der Waals surface area contributed by atoms with Crippen molar-refractivity contribution in [3.8, 4) is 0 Å². The normalized spacial score (nSPS) is 17.8. The third-order valence-electron chi connectivity index (χ3n) is 1.82. The highest BCUT2D eigenvalue weighted by atomic mass is 32.2. The number of hydrogen-bond acceptors (Lipinski definition) is 2. The van der Waals surface area contributed by atoms with Gasteiger partial charge in [-0.1, -0.05) is 33.6 Å². The molecule has 0 aromatic carbocycles. The Morgan fingerprint density at radius 3 is 2.00 bits per heavy atom. The van der Waals surface area contributed by atoms with Crippen molar-refractivity contribution in [3.63, 3.8) is 0 Å². The molecule has 0 heterocycles. The summed E-state index contributed by atoms with van der Waals surface area (Å²) < 4.78 is 0.481. The molecule has 78 valence electrons. The highest BCUT2D eigenvalue weighted by Gasteiger charge is 2.21. The van der Waals surface area contributed by atoms with E-state index in [1.807, 2.05) is 0 Å². The molecule has 1 aliphatic carbocycles. The summed E-state index contributed by atoms with van der Waals surface area (Å²) in [5.41, 5.74) is 0. The molecule has 0 aliphatic heterocycles. The maximum absolute atomic E-state index is 8.36. The van der Waals surface area contributed by atoms with Crippen molar-refractivity contribution >= 4 is 18.2 Å². The Hall–Kier alpha value is -0.180. The molecular formula is C10H20O2S. The maximum atomic E-state index is 8.36. The Labute approximate surface area is 85.1 Å². The minimum absolute atomic E-state index is 0.250. The molecule has 1 rings (SSSR count). The van der Waals surface area contributed by atoms with E-state index >= 15 is 0 Å². The molecule has 1 N–H and O–H groups in total. The zero-order valence-corrected chi connectivity index (χ0v) is 9.56. The van der Waals surface area contributed by atoms with Crippen LogP contribution in [0.25, 0.3) is 0 Å². The van der Waals surface area contributed by atoms with Crippen LogP contribution in [0.15, 0.2) is 0 Å². The lowest BCUT2D eigenvalue weighted by molar-refractivity contribution is -0.122. The SMILES string of the molecule is CC(C)(C)SC1CCCC1.O=CO. The lowest BCUT2D eigenvalue weighted by Gasteiger charge is -2.22. The van der Waals surface area contributed by atoms with Crippen LogP contribution in [0.1, 0.15) is 46.5 Å².